The van der Waals surface area contributed by atoms with Crippen molar-refractivity contribution in [1.29, 1.82) is 0 Å². The fourth-order valence-electron chi connectivity index (χ4n) is 2.44. The van der Waals surface area contributed by atoms with Crippen LogP contribution in [-0.2, 0) is 13.0 Å². The van der Waals surface area contributed by atoms with E-state index >= 15 is 0 Å². The minimum atomic E-state index is 0.158. The minimum Gasteiger partial charge on any atom is -0.396 e. The van der Waals surface area contributed by atoms with Crippen molar-refractivity contribution in [2.24, 2.45) is 5.92 Å². The van der Waals surface area contributed by atoms with Crippen molar-refractivity contribution < 1.29 is 5.11 Å². The molecule has 0 aliphatic carbocycles. The molecule has 2 aromatic rings. The summed E-state index contributed by atoms with van der Waals surface area (Å²) in [5.74, 6) is 2.30. The predicted octanol–water partition coefficient (Wildman–Crippen LogP) is 2.93. The SMILES string of the molecule is CCC(C)Cc1nc(-c2cnc(C)cc2C)n(CCCO)n1. The number of pyridine rings is 1. The van der Waals surface area contributed by atoms with Gasteiger partial charge in [-0.1, -0.05) is 20.3 Å². The first-order chi connectivity index (χ1) is 10.5. The molecule has 1 unspecified atom stereocenters. The maximum atomic E-state index is 9.10. The molecule has 1 atom stereocenters. The van der Waals surface area contributed by atoms with Crippen molar-refractivity contribution in [3.63, 3.8) is 0 Å². The molecule has 0 radical (unpaired) electrons. The third-order valence-corrected chi connectivity index (χ3v) is 3.96. The van der Waals surface area contributed by atoms with E-state index in [0.717, 1.165) is 41.3 Å². The maximum absolute atomic E-state index is 9.10. The van der Waals surface area contributed by atoms with Crippen LogP contribution in [-0.4, -0.2) is 31.5 Å². The van der Waals surface area contributed by atoms with Gasteiger partial charge in [0.2, 0.25) is 0 Å². The summed E-state index contributed by atoms with van der Waals surface area (Å²) in [7, 11) is 0. The Morgan fingerprint density at radius 3 is 2.73 bits per heavy atom. The van der Waals surface area contributed by atoms with Gasteiger partial charge in [-0.15, -0.1) is 0 Å². The Labute approximate surface area is 132 Å². The van der Waals surface area contributed by atoms with Gasteiger partial charge in [-0.2, -0.15) is 5.10 Å². The van der Waals surface area contributed by atoms with E-state index in [4.69, 9.17) is 10.1 Å². The lowest BCUT2D eigenvalue weighted by atomic mass is 10.1. The number of aryl methyl sites for hydroxylation is 3. The van der Waals surface area contributed by atoms with Crippen LogP contribution in [0.3, 0.4) is 0 Å². The highest BCUT2D eigenvalue weighted by Gasteiger charge is 2.15. The molecular formula is C17H26N4O. The van der Waals surface area contributed by atoms with Crippen molar-refractivity contribution in [1.82, 2.24) is 19.7 Å². The minimum absolute atomic E-state index is 0.158. The van der Waals surface area contributed by atoms with Crippen molar-refractivity contribution in [3.8, 4) is 11.4 Å². The second kappa shape index (κ2) is 7.49. The molecule has 0 fully saturated rings. The number of aliphatic hydroxyl groups excluding tert-OH is 1. The molecule has 0 aliphatic heterocycles. The zero-order valence-electron chi connectivity index (χ0n) is 14.0. The van der Waals surface area contributed by atoms with Crippen molar-refractivity contribution in [2.45, 2.75) is 53.5 Å². The summed E-state index contributed by atoms with van der Waals surface area (Å²) < 4.78 is 1.91. The largest absolute Gasteiger partial charge is 0.396 e. The highest BCUT2D eigenvalue weighted by Crippen LogP contribution is 2.22. The summed E-state index contributed by atoms with van der Waals surface area (Å²) in [6.45, 7) is 9.29. The predicted molar refractivity (Wildman–Crippen MR) is 87.6 cm³/mol. The van der Waals surface area contributed by atoms with Crippen LogP contribution in [0.25, 0.3) is 11.4 Å². The van der Waals surface area contributed by atoms with Crippen LogP contribution >= 0.6 is 0 Å². The Kier molecular flexibility index (Phi) is 5.66. The van der Waals surface area contributed by atoms with Crippen LogP contribution < -0.4 is 0 Å². The molecule has 0 amide bonds. The van der Waals surface area contributed by atoms with Crippen LogP contribution in [0.5, 0.6) is 0 Å². The Hall–Kier alpha value is -1.75. The van der Waals surface area contributed by atoms with Crippen LogP contribution in [0.4, 0.5) is 0 Å². The van der Waals surface area contributed by atoms with Gasteiger partial charge in [0.15, 0.2) is 11.6 Å². The fraction of sp³-hybridized carbons (Fsp3) is 0.588. The highest BCUT2D eigenvalue weighted by atomic mass is 16.3. The van der Waals surface area contributed by atoms with Crippen LogP contribution in [0.2, 0.25) is 0 Å². The number of rotatable bonds is 7. The first kappa shape index (κ1) is 16.6. The Bertz CT molecular complexity index is 621. The van der Waals surface area contributed by atoms with Crippen molar-refractivity contribution in [2.75, 3.05) is 6.61 Å². The zero-order chi connectivity index (χ0) is 16.1. The first-order valence-electron chi connectivity index (χ1n) is 8.03. The summed E-state index contributed by atoms with van der Waals surface area (Å²) in [5, 5.41) is 13.7. The summed E-state index contributed by atoms with van der Waals surface area (Å²) in [5.41, 5.74) is 3.18. The fourth-order valence-corrected chi connectivity index (χ4v) is 2.44. The maximum Gasteiger partial charge on any atom is 0.160 e. The molecule has 0 saturated heterocycles. The molecule has 2 rings (SSSR count). The molecule has 0 saturated carbocycles. The molecule has 5 heteroatoms. The lowest BCUT2D eigenvalue weighted by Crippen LogP contribution is -2.06. The van der Waals surface area contributed by atoms with E-state index in [9.17, 15) is 0 Å². The van der Waals surface area contributed by atoms with E-state index in [-0.39, 0.29) is 6.61 Å². The highest BCUT2D eigenvalue weighted by molar-refractivity contribution is 5.59. The number of aromatic nitrogens is 4. The molecule has 120 valence electrons. The number of hydrogen-bond acceptors (Lipinski definition) is 4. The number of hydrogen-bond donors (Lipinski definition) is 1. The molecule has 2 heterocycles. The van der Waals surface area contributed by atoms with E-state index in [1.807, 2.05) is 17.8 Å². The Balaban J connectivity index is 2.38. The second-order valence-electron chi connectivity index (χ2n) is 6.01. The third kappa shape index (κ3) is 3.91. The molecule has 0 spiro atoms. The van der Waals surface area contributed by atoms with Gasteiger partial charge in [-0.3, -0.25) is 4.98 Å². The van der Waals surface area contributed by atoms with Gasteiger partial charge in [0, 0.05) is 37.0 Å². The quantitative estimate of drug-likeness (QED) is 0.854. The monoisotopic (exact) mass is 302 g/mol. The van der Waals surface area contributed by atoms with Crippen molar-refractivity contribution >= 4 is 0 Å². The third-order valence-electron chi connectivity index (χ3n) is 3.96. The number of nitrogens with zero attached hydrogens (tertiary/aromatic N) is 4. The summed E-state index contributed by atoms with van der Waals surface area (Å²) >= 11 is 0. The standard InChI is InChI=1S/C17H26N4O/c1-5-12(2)9-16-19-17(21(20-16)7-6-8-22)15-11-18-14(4)10-13(15)3/h10-12,22H,5-9H2,1-4H3. The van der Waals surface area contributed by atoms with E-state index in [1.54, 1.807) is 0 Å². The van der Waals surface area contributed by atoms with Gasteiger partial charge in [0.05, 0.1) is 0 Å². The Morgan fingerprint density at radius 2 is 2.09 bits per heavy atom. The molecule has 22 heavy (non-hydrogen) atoms. The van der Waals surface area contributed by atoms with E-state index in [0.29, 0.717) is 18.9 Å². The molecule has 2 aromatic heterocycles. The lowest BCUT2D eigenvalue weighted by Gasteiger charge is -2.07. The van der Waals surface area contributed by atoms with Gasteiger partial charge >= 0.3 is 0 Å². The molecule has 0 bridgehead atoms. The molecule has 1 N–H and O–H groups in total. The van der Waals surface area contributed by atoms with Crippen LogP contribution in [0, 0.1) is 19.8 Å². The molecular weight excluding hydrogens is 276 g/mol. The first-order valence-corrected chi connectivity index (χ1v) is 8.03. The van der Waals surface area contributed by atoms with Gasteiger partial charge < -0.3 is 5.11 Å². The molecule has 5 nitrogen and oxygen atoms in total. The van der Waals surface area contributed by atoms with Gasteiger partial charge in [-0.05, 0) is 37.8 Å². The van der Waals surface area contributed by atoms with Gasteiger partial charge in [-0.25, -0.2) is 9.67 Å². The summed E-state index contributed by atoms with van der Waals surface area (Å²) in [6.07, 6.45) is 4.55. The summed E-state index contributed by atoms with van der Waals surface area (Å²) in [4.78, 5) is 9.14. The van der Waals surface area contributed by atoms with E-state index in [1.165, 1.54) is 0 Å². The smallest absolute Gasteiger partial charge is 0.160 e. The summed E-state index contributed by atoms with van der Waals surface area (Å²) in [6, 6.07) is 2.06. The second-order valence-corrected chi connectivity index (χ2v) is 6.01. The normalized spacial score (nSPS) is 12.6. The topological polar surface area (TPSA) is 63.8 Å². The van der Waals surface area contributed by atoms with Gasteiger partial charge in [0.1, 0.15) is 0 Å². The average molecular weight is 302 g/mol. The average Bonchev–Trinajstić information content (AvgIpc) is 2.87. The van der Waals surface area contributed by atoms with E-state index < -0.39 is 0 Å². The molecule has 0 aliphatic rings. The van der Waals surface area contributed by atoms with Crippen LogP contribution in [0.1, 0.15) is 43.8 Å². The zero-order valence-corrected chi connectivity index (χ0v) is 14.0. The van der Waals surface area contributed by atoms with E-state index in [2.05, 4.69) is 36.9 Å². The van der Waals surface area contributed by atoms with Gasteiger partial charge in [0.25, 0.3) is 0 Å². The molecule has 0 aromatic carbocycles. The van der Waals surface area contributed by atoms with Crippen LogP contribution in [0.15, 0.2) is 12.3 Å². The number of aliphatic hydroxyl groups is 1. The lowest BCUT2D eigenvalue weighted by molar-refractivity contribution is 0.277. The Morgan fingerprint density at radius 1 is 1.32 bits per heavy atom. The van der Waals surface area contributed by atoms with Crippen molar-refractivity contribution in [3.05, 3.63) is 29.3 Å².